The third-order valence-electron chi connectivity index (χ3n) is 2.78. The fraction of sp³-hybridized carbons (Fsp3) is 0.308. The summed E-state index contributed by atoms with van der Waals surface area (Å²) in [6.07, 6.45) is 0.881. The summed E-state index contributed by atoms with van der Waals surface area (Å²) >= 11 is 3.10. The minimum Gasteiger partial charge on any atom is -0.398 e. The van der Waals surface area contributed by atoms with Crippen molar-refractivity contribution in [2.24, 2.45) is 0 Å². The van der Waals surface area contributed by atoms with E-state index in [0.29, 0.717) is 10.6 Å². The van der Waals surface area contributed by atoms with Crippen molar-refractivity contribution >= 4 is 34.3 Å². The smallest absolute Gasteiger partial charge is 0.261 e. The Hall–Kier alpha value is -1.33. The molecule has 2 heterocycles. The standard InChI is InChI=1S/C13H16N2OS2/c1-3-10(11-5-4-6-17-11)15-13(16)12-7-9(14)8(2)18-12/h4-7,10H,3,14H2,1-2H3,(H,15,16). The van der Waals surface area contributed by atoms with Gasteiger partial charge in [-0.1, -0.05) is 13.0 Å². The number of hydrogen-bond acceptors (Lipinski definition) is 4. The Morgan fingerprint density at radius 2 is 2.33 bits per heavy atom. The zero-order chi connectivity index (χ0) is 13.1. The molecule has 0 saturated heterocycles. The van der Waals surface area contributed by atoms with E-state index in [4.69, 9.17) is 5.73 Å². The molecule has 2 aromatic rings. The highest BCUT2D eigenvalue weighted by Crippen LogP contribution is 2.26. The molecule has 0 aromatic carbocycles. The molecule has 0 aliphatic heterocycles. The monoisotopic (exact) mass is 280 g/mol. The molecule has 1 atom stereocenters. The molecular weight excluding hydrogens is 264 g/mol. The normalized spacial score (nSPS) is 12.3. The van der Waals surface area contributed by atoms with E-state index in [1.807, 2.05) is 24.4 Å². The topological polar surface area (TPSA) is 55.1 Å². The van der Waals surface area contributed by atoms with Crippen molar-refractivity contribution < 1.29 is 4.79 Å². The van der Waals surface area contributed by atoms with Gasteiger partial charge in [-0.05, 0) is 30.9 Å². The minimum atomic E-state index is -0.0416. The van der Waals surface area contributed by atoms with E-state index in [9.17, 15) is 4.79 Å². The number of nitrogens with one attached hydrogen (secondary N) is 1. The first kappa shape index (κ1) is 13.1. The summed E-state index contributed by atoms with van der Waals surface area (Å²) in [4.78, 5) is 15.0. The van der Waals surface area contributed by atoms with Gasteiger partial charge in [0, 0.05) is 15.4 Å². The third kappa shape index (κ3) is 2.73. The van der Waals surface area contributed by atoms with Gasteiger partial charge in [0.05, 0.1) is 10.9 Å². The van der Waals surface area contributed by atoms with Crippen LogP contribution in [0.25, 0.3) is 0 Å². The Bertz CT molecular complexity index is 512. The van der Waals surface area contributed by atoms with Crippen LogP contribution < -0.4 is 11.1 Å². The molecule has 0 radical (unpaired) electrons. The van der Waals surface area contributed by atoms with Crippen molar-refractivity contribution in [3.8, 4) is 0 Å². The van der Waals surface area contributed by atoms with Crippen molar-refractivity contribution in [3.63, 3.8) is 0 Å². The average molecular weight is 280 g/mol. The van der Waals surface area contributed by atoms with Crippen LogP contribution in [-0.4, -0.2) is 5.91 Å². The average Bonchev–Trinajstić information content (AvgIpc) is 2.97. The Labute approximate surface area is 115 Å². The second-order valence-corrected chi connectivity index (χ2v) is 6.31. The highest BCUT2D eigenvalue weighted by molar-refractivity contribution is 7.14. The fourth-order valence-electron chi connectivity index (χ4n) is 1.70. The van der Waals surface area contributed by atoms with Gasteiger partial charge in [0.1, 0.15) is 0 Å². The van der Waals surface area contributed by atoms with Gasteiger partial charge >= 0.3 is 0 Å². The number of thiophene rings is 2. The molecule has 0 bridgehead atoms. The molecule has 5 heteroatoms. The molecule has 0 aliphatic rings. The summed E-state index contributed by atoms with van der Waals surface area (Å²) in [6, 6.07) is 5.88. The van der Waals surface area contributed by atoms with E-state index < -0.39 is 0 Å². The Morgan fingerprint density at radius 1 is 1.56 bits per heavy atom. The molecule has 0 spiro atoms. The molecule has 0 aliphatic carbocycles. The summed E-state index contributed by atoms with van der Waals surface area (Å²) in [5.74, 6) is -0.0416. The maximum absolute atomic E-state index is 12.1. The predicted molar refractivity (Wildman–Crippen MR) is 78.3 cm³/mol. The predicted octanol–water partition coefficient (Wildman–Crippen LogP) is 3.58. The molecular formula is C13H16N2OS2. The van der Waals surface area contributed by atoms with Crippen LogP contribution in [0.2, 0.25) is 0 Å². The zero-order valence-electron chi connectivity index (χ0n) is 10.4. The highest BCUT2D eigenvalue weighted by Gasteiger charge is 2.16. The maximum Gasteiger partial charge on any atom is 0.261 e. The first-order valence-corrected chi connectivity index (χ1v) is 7.51. The van der Waals surface area contributed by atoms with Crippen LogP contribution in [0.15, 0.2) is 23.6 Å². The Morgan fingerprint density at radius 3 is 2.83 bits per heavy atom. The molecule has 3 N–H and O–H groups in total. The third-order valence-corrected chi connectivity index (χ3v) is 4.83. The van der Waals surface area contributed by atoms with Gasteiger partial charge in [-0.2, -0.15) is 0 Å². The second kappa shape index (κ2) is 5.54. The number of amides is 1. The first-order valence-electron chi connectivity index (χ1n) is 5.82. The van der Waals surface area contributed by atoms with E-state index in [0.717, 1.165) is 11.3 Å². The minimum absolute atomic E-state index is 0.0416. The number of nitrogens with two attached hydrogens (primary N) is 1. The van der Waals surface area contributed by atoms with E-state index >= 15 is 0 Å². The second-order valence-electron chi connectivity index (χ2n) is 4.07. The summed E-state index contributed by atoms with van der Waals surface area (Å²) in [5, 5.41) is 5.08. The quantitative estimate of drug-likeness (QED) is 0.899. The van der Waals surface area contributed by atoms with Crippen molar-refractivity contribution in [1.82, 2.24) is 5.32 Å². The number of anilines is 1. The molecule has 0 fully saturated rings. The summed E-state index contributed by atoms with van der Waals surface area (Å²) < 4.78 is 0. The van der Waals surface area contributed by atoms with Crippen molar-refractivity contribution in [1.29, 1.82) is 0 Å². The number of nitrogen functional groups attached to an aromatic ring is 1. The van der Waals surface area contributed by atoms with Gasteiger partial charge in [-0.15, -0.1) is 22.7 Å². The fourth-order valence-corrected chi connectivity index (χ4v) is 3.41. The zero-order valence-corrected chi connectivity index (χ0v) is 12.0. The molecule has 1 amide bonds. The number of carbonyl (C=O) groups excluding carboxylic acids is 1. The lowest BCUT2D eigenvalue weighted by Gasteiger charge is -2.14. The van der Waals surface area contributed by atoms with Crippen molar-refractivity contribution in [2.75, 3.05) is 5.73 Å². The van der Waals surface area contributed by atoms with Gasteiger partial charge in [0.15, 0.2) is 0 Å². The van der Waals surface area contributed by atoms with Crippen molar-refractivity contribution in [2.45, 2.75) is 26.3 Å². The van der Waals surface area contributed by atoms with Crippen LogP contribution in [0.3, 0.4) is 0 Å². The van der Waals surface area contributed by atoms with Gasteiger partial charge in [-0.25, -0.2) is 0 Å². The van der Waals surface area contributed by atoms with E-state index in [-0.39, 0.29) is 11.9 Å². The number of carbonyl (C=O) groups is 1. The van der Waals surface area contributed by atoms with Crippen molar-refractivity contribution in [3.05, 3.63) is 38.2 Å². The molecule has 18 heavy (non-hydrogen) atoms. The lowest BCUT2D eigenvalue weighted by atomic mass is 10.2. The van der Waals surface area contributed by atoms with E-state index in [2.05, 4.69) is 12.2 Å². The molecule has 2 aromatic heterocycles. The van der Waals surface area contributed by atoms with Gasteiger partial charge in [-0.3, -0.25) is 4.79 Å². The van der Waals surface area contributed by atoms with Crippen LogP contribution in [-0.2, 0) is 0 Å². The first-order chi connectivity index (χ1) is 8.61. The van der Waals surface area contributed by atoms with Gasteiger partial charge in [0.25, 0.3) is 5.91 Å². The Balaban J connectivity index is 2.10. The van der Waals surface area contributed by atoms with Crippen LogP contribution in [0.1, 0.15) is 38.8 Å². The van der Waals surface area contributed by atoms with Crippen LogP contribution in [0.4, 0.5) is 5.69 Å². The van der Waals surface area contributed by atoms with Crippen LogP contribution in [0, 0.1) is 6.92 Å². The summed E-state index contributed by atoms with van der Waals surface area (Å²) in [5.41, 5.74) is 6.46. The van der Waals surface area contributed by atoms with E-state index in [1.165, 1.54) is 16.2 Å². The van der Waals surface area contributed by atoms with E-state index in [1.54, 1.807) is 17.4 Å². The summed E-state index contributed by atoms with van der Waals surface area (Å²) in [7, 11) is 0. The highest BCUT2D eigenvalue weighted by atomic mass is 32.1. The maximum atomic E-state index is 12.1. The number of hydrogen-bond donors (Lipinski definition) is 2. The molecule has 1 unspecified atom stereocenters. The number of rotatable bonds is 4. The molecule has 3 nitrogen and oxygen atoms in total. The number of aryl methyl sites for hydroxylation is 1. The lowest BCUT2D eigenvalue weighted by Crippen LogP contribution is -2.26. The van der Waals surface area contributed by atoms with Crippen LogP contribution >= 0.6 is 22.7 Å². The van der Waals surface area contributed by atoms with Crippen LogP contribution in [0.5, 0.6) is 0 Å². The largest absolute Gasteiger partial charge is 0.398 e. The summed E-state index contributed by atoms with van der Waals surface area (Å²) in [6.45, 7) is 3.99. The molecule has 96 valence electrons. The van der Waals surface area contributed by atoms with Gasteiger partial charge in [0.2, 0.25) is 0 Å². The molecule has 0 saturated carbocycles. The SMILES string of the molecule is CCC(NC(=O)c1cc(N)c(C)s1)c1cccs1. The molecule has 2 rings (SSSR count). The van der Waals surface area contributed by atoms with Gasteiger partial charge < -0.3 is 11.1 Å². The lowest BCUT2D eigenvalue weighted by molar-refractivity contribution is 0.0940. The Kier molecular flexibility index (Phi) is 4.04.